The number of aromatic nitrogens is 2. The van der Waals surface area contributed by atoms with E-state index in [1.807, 2.05) is 0 Å². The number of nitrogens with zero attached hydrogens (tertiary/aromatic N) is 3. The first-order chi connectivity index (χ1) is 13.3. The van der Waals surface area contributed by atoms with Gasteiger partial charge >= 0.3 is 0 Å². The molecule has 2 aliphatic heterocycles. The summed E-state index contributed by atoms with van der Waals surface area (Å²) in [6.07, 6.45) is 7.78. The van der Waals surface area contributed by atoms with Crippen LogP contribution in [0, 0.1) is 6.92 Å². The van der Waals surface area contributed by atoms with Gasteiger partial charge in [0.2, 0.25) is 0 Å². The van der Waals surface area contributed by atoms with Crippen LogP contribution in [0.2, 0.25) is 0 Å². The van der Waals surface area contributed by atoms with Crippen molar-refractivity contribution in [3.8, 4) is 0 Å². The Balaban J connectivity index is 1.28. The number of fused-ring (bicyclic) bond motifs is 3. The highest BCUT2D eigenvalue weighted by molar-refractivity contribution is 5.76. The predicted octanol–water partition coefficient (Wildman–Crippen LogP) is 5.15. The van der Waals surface area contributed by atoms with Gasteiger partial charge in [0, 0.05) is 18.1 Å². The summed E-state index contributed by atoms with van der Waals surface area (Å²) < 4.78 is 2.53. The van der Waals surface area contributed by atoms with E-state index in [9.17, 15) is 0 Å². The molecule has 27 heavy (non-hydrogen) atoms. The van der Waals surface area contributed by atoms with E-state index in [0.717, 1.165) is 17.6 Å². The van der Waals surface area contributed by atoms with Crippen LogP contribution in [-0.2, 0) is 6.42 Å². The fourth-order valence-electron chi connectivity index (χ4n) is 5.56. The van der Waals surface area contributed by atoms with Crippen molar-refractivity contribution in [1.29, 1.82) is 0 Å². The third-order valence-corrected chi connectivity index (χ3v) is 6.72. The van der Waals surface area contributed by atoms with Crippen LogP contribution in [0.15, 0.2) is 54.6 Å². The predicted molar refractivity (Wildman–Crippen MR) is 111 cm³/mol. The molecule has 2 aliphatic rings. The van der Waals surface area contributed by atoms with Gasteiger partial charge in [-0.15, -0.1) is 0 Å². The van der Waals surface area contributed by atoms with Gasteiger partial charge in [-0.2, -0.15) is 0 Å². The van der Waals surface area contributed by atoms with E-state index in [1.54, 1.807) is 0 Å². The molecule has 2 fully saturated rings. The Morgan fingerprint density at radius 2 is 1.59 bits per heavy atom. The highest BCUT2D eigenvalue weighted by Gasteiger charge is 2.41. The monoisotopic (exact) mass is 359 g/mol. The molecule has 2 unspecified atom stereocenters. The molecule has 5 rings (SSSR count). The molecule has 3 nitrogen and oxygen atoms in total. The Labute approximate surface area is 162 Å². The van der Waals surface area contributed by atoms with E-state index in [0.29, 0.717) is 6.04 Å². The Morgan fingerprint density at radius 3 is 2.37 bits per heavy atom. The van der Waals surface area contributed by atoms with Crippen molar-refractivity contribution in [3.63, 3.8) is 0 Å². The first-order valence-electron chi connectivity index (χ1n) is 10.5. The second-order valence-corrected chi connectivity index (χ2v) is 8.35. The number of para-hydroxylation sites is 2. The summed E-state index contributed by atoms with van der Waals surface area (Å²) in [6.45, 7) is 3.43. The lowest BCUT2D eigenvalue weighted by atomic mass is 9.96. The molecule has 2 aromatic carbocycles. The summed E-state index contributed by atoms with van der Waals surface area (Å²) in [4.78, 5) is 7.64. The van der Waals surface area contributed by atoms with Crippen LogP contribution in [-0.4, -0.2) is 33.1 Å². The number of hydrogen-bond acceptors (Lipinski definition) is 2. The average Bonchev–Trinajstić information content (AvgIpc) is 3.14. The maximum atomic E-state index is 4.81. The smallest absolute Gasteiger partial charge is 0.106 e. The van der Waals surface area contributed by atoms with E-state index in [2.05, 4.69) is 71.0 Å². The van der Waals surface area contributed by atoms with E-state index in [1.165, 1.54) is 62.0 Å². The average molecular weight is 360 g/mol. The maximum absolute atomic E-state index is 4.81. The number of hydrogen-bond donors (Lipinski definition) is 0. The van der Waals surface area contributed by atoms with Gasteiger partial charge in [0.05, 0.1) is 11.0 Å². The Kier molecular flexibility index (Phi) is 4.48. The number of imidazole rings is 1. The lowest BCUT2D eigenvalue weighted by Gasteiger charge is -2.40. The van der Waals surface area contributed by atoms with Crippen molar-refractivity contribution < 1.29 is 0 Å². The molecule has 2 atom stereocenters. The molecule has 140 valence electrons. The third kappa shape index (κ3) is 3.19. The van der Waals surface area contributed by atoms with Crippen molar-refractivity contribution in [2.45, 2.75) is 63.6 Å². The first kappa shape index (κ1) is 17.0. The van der Waals surface area contributed by atoms with Gasteiger partial charge in [-0.05, 0) is 69.7 Å². The van der Waals surface area contributed by atoms with Crippen LogP contribution in [0.4, 0.5) is 0 Å². The summed E-state index contributed by atoms with van der Waals surface area (Å²) >= 11 is 0. The van der Waals surface area contributed by atoms with Gasteiger partial charge in [0.15, 0.2) is 0 Å². The largest absolute Gasteiger partial charge is 0.325 e. The quantitative estimate of drug-likeness (QED) is 0.628. The molecule has 2 bridgehead atoms. The van der Waals surface area contributed by atoms with Crippen molar-refractivity contribution in [1.82, 2.24) is 14.5 Å². The Hall–Kier alpha value is -2.13. The summed E-state index contributed by atoms with van der Waals surface area (Å²) in [5, 5.41) is 0. The van der Waals surface area contributed by atoms with E-state index < -0.39 is 0 Å². The number of rotatable bonds is 5. The van der Waals surface area contributed by atoms with Crippen LogP contribution in [0.3, 0.4) is 0 Å². The number of benzene rings is 2. The first-order valence-corrected chi connectivity index (χ1v) is 10.5. The normalized spacial score (nSPS) is 25.3. The zero-order valence-electron chi connectivity index (χ0n) is 16.2. The molecule has 0 spiro atoms. The van der Waals surface area contributed by atoms with E-state index in [4.69, 9.17) is 4.98 Å². The van der Waals surface area contributed by atoms with Gasteiger partial charge in [0.1, 0.15) is 5.82 Å². The second kappa shape index (κ2) is 7.12. The molecule has 3 aromatic rings. The van der Waals surface area contributed by atoms with Crippen molar-refractivity contribution >= 4 is 11.0 Å². The minimum absolute atomic E-state index is 0.611. The Morgan fingerprint density at radius 1 is 0.889 bits per heavy atom. The molecule has 3 heteroatoms. The van der Waals surface area contributed by atoms with Crippen LogP contribution in [0.25, 0.3) is 11.0 Å². The highest BCUT2D eigenvalue weighted by Crippen LogP contribution is 2.42. The molecule has 3 heterocycles. The van der Waals surface area contributed by atoms with Crippen LogP contribution in [0.1, 0.15) is 49.5 Å². The maximum Gasteiger partial charge on any atom is 0.106 e. The minimum atomic E-state index is 0.611. The lowest BCUT2D eigenvalue weighted by molar-refractivity contribution is 0.106. The minimum Gasteiger partial charge on any atom is -0.325 e. The zero-order valence-corrected chi connectivity index (χ0v) is 16.2. The topological polar surface area (TPSA) is 21.1 Å². The fraction of sp³-hybridized carbons (Fsp3) is 0.458. The molecule has 0 radical (unpaired) electrons. The molecular formula is C24H29N3. The van der Waals surface area contributed by atoms with Gasteiger partial charge in [-0.25, -0.2) is 4.98 Å². The van der Waals surface area contributed by atoms with Crippen LogP contribution < -0.4 is 0 Å². The van der Waals surface area contributed by atoms with E-state index >= 15 is 0 Å². The van der Waals surface area contributed by atoms with Crippen molar-refractivity contribution in [2.24, 2.45) is 0 Å². The number of piperidine rings is 1. The van der Waals surface area contributed by atoms with Crippen LogP contribution >= 0.6 is 0 Å². The van der Waals surface area contributed by atoms with Crippen molar-refractivity contribution in [3.05, 3.63) is 66.0 Å². The SMILES string of the molecule is Cc1nc2ccccc2n1C1CC2CCC(C1)N2CCCc1ccccc1. The second-order valence-electron chi connectivity index (χ2n) is 8.35. The summed E-state index contributed by atoms with van der Waals surface area (Å²) in [5.41, 5.74) is 3.94. The van der Waals surface area contributed by atoms with Gasteiger partial charge in [-0.1, -0.05) is 42.5 Å². The molecule has 0 N–H and O–H groups in total. The standard InChI is InChI=1S/C24H29N3/c1-18-25-23-11-5-6-12-24(23)27(18)22-16-20-13-14-21(17-22)26(20)15-7-10-19-8-3-2-4-9-19/h2-6,8-9,11-12,20-22H,7,10,13-17H2,1H3. The molecule has 1 aromatic heterocycles. The summed E-state index contributed by atoms with van der Waals surface area (Å²) in [6, 6.07) is 21.7. The molecule has 0 aliphatic carbocycles. The Bertz CT molecular complexity index is 900. The van der Waals surface area contributed by atoms with E-state index in [-0.39, 0.29) is 0 Å². The molecular weight excluding hydrogens is 330 g/mol. The van der Waals surface area contributed by atoms with Gasteiger partial charge in [-0.3, -0.25) is 4.90 Å². The summed E-state index contributed by atoms with van der Waals surface area (Å²) in [5.74, 6) is 1.18. The molecule has 2 saturated heterocycles. The van der Waals surface area contributed by atoms with Gasteiger partial charge in [0.25, 0.3) is 0 Å². The molecule has 0 saturated carbocycles. The van der Waals surface area contributed by atoms with Gasteiger partial charge < -0.3 is 4.57 Å². The van der Waals surface area contributed by atoms with Crippen LogP contribution in [0.5, 0.6) is 0 Å². The lowest BCUT2D eigenvalue weighted by Crippen LogP contribution is -2.44. The fourth-order valence-corrected chi connectivity index (χ4v) is 5.56. The highest BCUT2D eigenvalue weighted by atomic mass is 15.2. The zero-order chi connectivity index (χ0) is 18.2. The number of aryl methyl sites for hydroxylation is 2. The third-order valence-electron chi connectivity index (χ3n) is 6.72. The van der Waals surface area contributed by atoms with Crippen molar-refractivity contribution in [2.75, 3.05) is 6.54 Å². The summed E-state index contributed by atoms with van der Waals surface area (Å²) in [7, 11) is 0. The molecule has 0 amide bonds.